The van der Waals surface area contributed by atoms with Crippen molar-refractivity contribution in [3.8, 4) is 11.4 Å². The Morgan fingerprint density at radius 2 is 2.00 bits per heavy atom. The first kappa shape index (κ1) is 13.2. The fourth-order valence-corrected chi connectivity index (χ4v) is 2.58. The van der Waals surface area contributed by atoms with Gasteiger partial charge in [-0.1, -0.05) is 5.16 Å². The zero-order valence-corrected chi connectivity index (χ0v) is 11.3. The highest BCUT2D eigenvalue weighted by Gasteiger charge is 2.16. The largest absolute Gasteiger partial charge is 0.382 e. The lowest BCUT2D eigenvalue weighted by atomic mass is 10.3. The summed E-state index contributed by atoms with van der Waals surface area (Å²) in [6, 6.07) is 7.76. The molecule has 3 rings (SSSR count). The van der Waals surface area contributed by atoms with E-state index in [2.05, 4.69) is 25.2 Å². The van der Waals surface area contributed by atoms with Gasteiger partial charge in [-0.3, -0.25) is 0 Å². The second kappa shape index (κ2) is 5.32. The molecule has 0 N–H and O–H groups in total. The van der Waals surface area contributed by atoms with E-state index in [1.165, 1.54) is 35.5 Å². The summed E-state index contributed by atoms with van der Waals surface area (Å²) >= 11 is 0. The Labute approximate surface area is 119 Å². The normalized spacial score (nSPS) is 11.4. The van der Waals surface area contributed by atoms with Crippen LogP contribution >= 0.6 is 0 Å². The molecule has 0 radical (unpaired) electrons. The number of hydrogen-bond donors (Lipinski definition) is 0. The molecule has 0 atom stereocenters. The van der Waals surface area contributed by atoms with Gasteiger partial charge in [-0.25, -0.2) is 4.68 Å². The molecule has 0 saturated heterocycles. The lowest BCUT2D eigenvalue weighted by Gasteiger charge is -2.06. The van der Waals surface area contributed by atoms with E-state index in [1.807, 2.05) is 0 Å². The van der Waals surface area contributed by atoms with Gasteiger partial charge in [-0.2, -0.15) is 8.42 Å². The third-order valence-electron chi connectivity index (χ3n) is 2.49. The van der Waals surface area contributed by atoms with E-state index >= 15 is 0 Å². The smallest absolute Gasteiger partial charge is 0.315 e. The van der Waals surface area contributed by atoms with Gasteiger partial charge in [-0.05, 0) is 34.7 Å². The maximum Gasteiger partial charge on any atom is 0.315 e. The van der Waals surface area contributed by atoms with Crippen molar-refractivity contribution in [1.29, 1.82) is 0 Å². The van der Waals surface area contributed by atoms with Crippen molar-refractivity contribution in [2.45, 2.75) is 5.75 Å². The van der Waals surface area contributed by atoms with Gasteiger partial charge >= 0.3 is 10.1 Å². The maximum atomic E-state index is 11.8. The van der Waals surface area contributed by atoms with Crippen molar-refractivity contribution in [2.24, 2.45) is 0 Å². The first-order valence-corrected chi connectivity index (χ1v) is 7.35. The first-order chi connectivity index (χ1) is 10.1. The van der Waals surface area contributed by atoms with Crippen LogP contribution in [0.4, 0.5) is 0 Å². The minimum Gasteiger partial charge on any atom is -0.382 e. The highest BCUT2D eigenvalue weighted by atomic mass is 32.2. The van der Waals surface area contributed by atoms with Gasteiger partial charge in [-0.15, -0.1) is 5.10 Å². The van der Waals surface area contributed by atoms with E-state index in [0.29, 0.717) is 5.69 Å². The quantitative estimate of drug-likeness (QED) is 0.628. The van der Waals surface area contributed by atoms with Crippen molar-refractivity contribution < 1.29 is 17.1 Å². The summed E-state index contributed by atoms with van der Waals surface area (Å²) in [6.07, 6.45) is 2.73. The maximum absolute atomic E-state index is 11.8. The third kappa shape index (κ3) is 3.23. The zero-order valence-electron chi connectivity index (χ0n) is 10.5. The van der Waals surface area contributed by atoms with Crippen LogP contribution in [-0.4, -0.2) is 33.8 Å². The molecule has 3 aromatic rings. The van der Waals surface area contributed by atoms with Crippen LogP contribution in [-0.2, 0) is 15.9 Å². The molecule has 21 heavy (non-hydrogen) atoms. The summed E-state index contributed by atoms with van der Waals surface area (Å²) in [5.41, 5.74) is 0.960. The minimum absolute atomic E-state index is 0.190. The van der Waals surface area contributed by atoms with Crippen LogP contribution in [0.3, 0.4) is 0 Å². The molecule has 0 fully saturated rings. The number of nitrogens with zero attached hydrogens (tertiary/aromatic N) is 5. The predicted octanol–water partition coefficient (Wildman–Crippen LogP) is 0.559. The van der Waals surface area contributed by atoms with E-state index in [0.717, 1.165) is 0 Å². The van der Waals surface area contributed by atoms with Crippen LogP contribution in [0.2, 0.25) is 0 Å². The SMILES string of the molecule is O=S(=O)(Cc1ccon1)Oc1ccc(-n2cnnn2)cc1. The Morgan fingerprint density at radius 3 is 2.62 bits per heavy atom. The molecule has 0 amide bonds. The average molecular weight is 307 g/mol. The Hall–Kier alpha value is -2.75. The third-order valence-corrected chi connectivity index (χ3v) is 3.59. The van der Waals surface area contributed by atoms with Gasteiger partial charge in [0.25, 0.3) is 0 Å². The van der Waals surface area contributed by atoms with E-state index in [1.54, 1.807) is 12.1 Å². The molecule has 0 spiro atoms. The predicted molar refractivity (Wildman–Crippen MR) is 68.9 cm³/mol. The number of aromatic nitrogens is 5. The molecule has 1 aromatic carbocycles. The Balaban J connectivity index is 1.73. The molecule has 0 aliphatic carbocycles. The summed E-state index contributed by atoms with van der Waals surface area (Å²) in [6.45, 7) is 0. The van der Waals surface area contributed by atoms with Gasteiger partial charge in [0.1, 0.15) is 29.8 Å². The van der Waals surface area contributed by atoms with Crippen LogP contribution < -0.4 is 4.18 Å². The number of hydrogen-bond acceptors (Lipinski definition) is 8. The van der Waals surface area contributed by atoms with Crippen LogP contribution in [0.15, 0.2) is 47.4 Å². The molecule has 0 saturated carbocycles. The van der Waals surface area contributed by atoms with E-state index in [9.17, 15) is 8.42 Å². The van der Waals surface area contributed by atoms with E-state index in [4.69, 9.17) is 4.18 Å². The highest BCUT2D eigenvalue weighted by Crippen LogP contribution is 2.17. The molecule has 0 aliphatic heterocycles. The summed E-state index contributed by atoms with van der Waals surface area (Å²) in [5, 5.41) is 14.3. The summed E-state index contributed by atoms with van der Waals surface area (Å²) in [5.74, 6) is -0.173. The molecular formula is C11H9N5O4S. The first-order valence-electron chi connectivity index (χ1n) is 5.77. The van der Waals surface area contributed by atoms with Crippen molar-refractivity contribution >= 4 is 10.1 Å². The van der Waals surface area contributed by atoms with Gasteiger partial charge in [0, 0.05) is 6.07 Å². The van der Waals surface area contributed by atoms with Gasteiger partial charge < -0.3 is 8.71 Å². The Kier molecular flexibility index (Phi) is 3.36. The van der Waals surface area contributed by atoms with Crippen molar-refractivity contribution in [1.82, 2.24) is 25.4 Å². The van der Waals surface area contributed by atoms with Crippen molar-refractivity contribution in [3.05, 3.63) is 48.6 Å². The van der Waals surface area contributed by atoms with Crippen molar-refractivity contribution in [3.63, 3.8) is 0 Å². The topological polar surface area (TPSA) is 113 Å². The summed E-state index contributed by atoms with van der Waals surface area (Å²) in [4.78, 5) is 0. The monoisotopic (exact) mass is 307 g/mol. The lowest BCUT2D eigenvalue weighted by molar-refractivity contribution is 0.412. The van der Waals surface area contributed by atoms with Crippen LogP contribution in [0.1, 0.15) is 5.69 Å². The molecule has 0 aliphatic rings. The minimum atomic E-state index is -3.79. The average Bonchev–Trinajstić information content (AvgIpc) is 3.11. The van der Waals surface area contributed by atoms with Crippen LogP contribution in [0.5, 0.6) is 5.75 Å². The van der Waals surface area contributed by atoms with Crippen molar-refractivity contribution in [2.75, 3.05) is 0 Å². The molecule has 0 bridgehead atoms. The fraction of sp³-hybridized carbons (Fsp3) is 0.0909. The Morgan fingerprint density at radius 1 is 1.19 bits per heavy atom. The molecule has 2 aromatic heterocycles. The molecule has 2 heterocycles. The Bertz CT molecular complexity index is 797. The van der Waals surface area contributed by atoms with E-state index < -0.39 is 10.1 Å². The second-order valence-corrected chi connectivity index (χ2v) is 5.60. The fourth-order valence-electron chi connectivity index (χ4n) is 1.60. The van der Waals surface area contributed by atoms with E-state index in [-0.39, 0.29) is 17.2 Å². The summed E-state index contributed by atoms with van der Waals surface area (Å²) < 4.78 is 34.7. The number of benzene rings is 1. The molecule has 0 unspecified atom stereocenters. The molecule has 108 valence electrons. The highest BCUT2D eigenvalue weighted by molar-refractivity contribution is 7.86. The number of tetrazole rings is 1. The molecule has 9 nitrogen and oxygen atoms in total. The lowest BCUT2D eigenvalue weighted by Crippen LogP contribution is -2.12. The zero-order chi connectivity index (χ0) is 14.7. The second-order valence-electron chi connectivity index (χ2n) is 4.02. The van der Waals surface area contributed by atoms with Gasteiger partial charge in [0.15, 0.2) is 0 Å². The van der Waals surface area contributed by atoms with Crippen LogP contribution in [0, 0.1) is 0 Å². The standard InChI is InChI=1S/C11H9N5O4S/c17-21(18,7-9-5-6-19-13-9)20-11-3-1-10(2-4-11)16-8-12-14-15-16/h1-6,8H,7H2. The molecular weight excluding hydrogens is 298 g/mol. The summed E-state index contributed by atoms with van der Waals surface area (Å²) in [7, 11) is -3.79. The molecule has 10 heteroatoms. The van der Waals surface area contributed by atoms with Crippen LogP contribution in [0.25, 0.3) is 5.69 Å². The van der Waals surface area contributed by atoms with Gasteiger partial charge in [0.05, 0.1) is 5.69 Å². The van der Waals surface area contributed by atoms with Gasteiger partial charge in [0.2, 0.25) is 0 Å². The number of rotatable bonds is 5.